The van der Waals surface area contributed by atoms with E-state index in [0.29, 0.717) is 6.42 Å². The summed E-state index contributed by atoms with van der Waals surface area (Å²) < 4.78 is 0. The summed E-state index contributed by atoms with van der Waals surface area (Å²) in [5.74, 6) is -0.923. The smallest absolute Gasteiger partial charge is 0.335 e. The van der Waals surface area contributed by atoms with Crippen LogP contribution in [0.2, 0.25) is 0 Å². The molecule has 0 unspecified atom stereocenters. The third-order valence-electron chi connectivity index (χ3n) is 7.83. The molecule has 4 aromatic rings. The number of aliphatic hydroxyl groups is 1. The highest BCUT2D eigenvalue weighted by Crippen LogP contribution is 2.54. The van der Waals surface area contributed by atoms with Crippen molar-refractivity contribution in [2.45, 2.75) is 38.3 Å². The van der Waals surface area contributed by atoms with Gasteiger partial charge in [-0.05, 0) is 71.7 Å². The van der Waals surface area contributed by atoms with E-state index in [1.165, 1.54) is 27.8 Å². The molecule has 2 aliphatic carbocycles. The molecule has 4 heteroatoms. The number of aromatic carboxylic acids is 1. The number of fused-ring (bicyclic) bond motifs is 2. The fourth-order valence-corrected chi connectivity index (χ4v) is 5.74. The zero-order chi connectivity index (χ0) is 26.7. The molecule has 0 bridgehead atoms. The van der Waals surface area contributed by atoms with Crippen LogP contribution in [0, 0.1) is 5.41 Å². The molecule has 0 aliphatic heterocycles. The normalized spacial score (nSPS) is 20.0. The molecule has 4 aromatic carbocycles. The molecule has 0 saturated heterocycles. The molecule has 0 fully saturated rings. The first-order valence-corrected chi connectivity index (χ1v) is 13.0. The minimum Gasteiger partial charge on any atom is -0.478 e. The summed E-state index contributed by atoms with van der Waals surface area (Å²) in [6.45, 7) is 1.98. The number of rotatable bonds is 5. The van der Waals surface area contributed by atoms with Crippen molar-refractivity contribution < 1.29 is 15.0 Å². The van der Waals surface area contributed by atoms with E-state index >= 15 is 0 Å². The van der Waals surface area contributed by atoms with Gasteiger partial charge in [-0.2, -0.15) is 0 Å². The molecule has 0 radical (unpaired) electrons. The SMILES string of the molecule is C[C@H](N)c1ccccc1.O=C(O)c1ccc(C[C@@]2(C3=Cc4ccccc4C3)Cc3ccccc3[C@H]2O)cc1. The Bertz CT molecular complexity index is 1460. The maximum atomic E-state index is 11.5. The number of benzene rings is 4. The van der Waals surface area contributed by atoms with Gasteiger partial charge in [-0.15, -0.1) is 0 Å². The van der Waals surface area contributed by atoms with Gasteiger partial charge in [0.1, 0.15) is 0 Å². The zero-order valence-corrected chi connectivity index (χ0v) is 21.5. The Labute approximate surface area is 224 Å². The van der Waals surface area contributed by atoms with Crippen LogP contribution in [0.4, 0.5) is 0 Å². The van der Waals surface area contributed by atoms with Gasteiger partial charge in [0.2, 0.25) is 0 Å². The Morgan fingerprint density at radius 2 is 1.53 bits per heavy atom. The van der Waals surface area contributed by atoms with Crippen molar-refractivity contribution in [1.29, 1.82) is 0 Å². The molecule has 6 rings (SSSR count). The summed E-state index contributed by atoms with van der Waals surface area (Å²) >= 11 is 0. The van der Waals surface area contributed by atoms with Crippen LogP contribution in [0.1, 0.15) is 62.8 Å². The topological polar surface area (TPSA) is 83.6 Å². The summed E-state index contributed by atoms with van der Waals surface area (Å²) in [5, 5.41) is 20.7. The van der Waals surface area contributed by atoms with Crippen molar-refractivity contribution in [1.82, 2.24) is 0 Å². The minimum atomic E-state index is -0.923. The largest absolute Gasteiger partial charge is 0.478 e. The Balaban J connectivity index is 0.000000278. The molecule has 0 amide bonds. The van der Waals surface area contributed by atoms with E-state index in [4.69, 9.17) is 5.73 Å². The summed E-state index contributed by atoms with van der Waals surface area (Å²) in [7, 11) is 0. The lowest BCUT2D eigenvalue weighted by Crippen LogP contribution is -2.31. The Morgan fingerprint density at radius 3 is 2.13 bits per heavy atom. The molecule has 4 nitrogen and oxygen atoms in total. The van der Waals surface area contributed by atoms with Gasteiger partial charge in [-0.1, -0.05) is 103 Å². The molecular weight excluding hydrogens is 470 g/mol. The Kier molecular flexibility index (Phi) is 7.28. The van der Waals surface area contributed by atoms with Gasteiger partial charge in [-0.3, -0.25) is 0 Å². The molecule has 3 atom stereocenters. The number of carboxylic acids is 1. The summed E-state index contributed by atoms with van der Waals surface area (Å²) in [5.41, 5.74) is 13.7. The highest BCUT2D eigenvalue weighted by Gasteiger charge is 2.48. The first kappa shape index (κ1) is 25.7. The number of carbonyl (C=O) groups is 1. The summed E-state index contributed by atoms with van der Waals surface area (Å²) in [6.07, 6.45) is 3.95. The van der Waals surface area contributed by atoms with Gasteiger partial charge in [0, 0.05) is 11.5 Å². The minimum absolute atomic E-state index is 0.159. The average Bonchev–Trinajstić information content (AvgIpc) is 3.50. The van der Waals surface area contributed by atoms with Crippen LogP contribution in [0.5, 0.6) is 0 Å². The van der Waals surface area contributed by atoms with E-state index in [1.54, 1.807) is 12.1 Å². The summed E-state index contributed by atoms with van der Waals surface area (Å²) in [4.78, 5) is 11.2. The van der Waals surface area contributed by atoms with Crippen molar-refractivity contribution in [3.63, 3.8) is 0 Å². The lowest BCUT2D eigenvalue weighted by atomic mass is 9.70. The van der Waals surface area contributed by atoms with Gasteiger partial charge >= 0.3 is 5.97 Å². The van der Waals surface area contributed by atoms with Crippen LogP contribution < -0.4 is 5.73 Å². The van der Waals surface area contributed by atoms with Crippen LogP contribution in [0.25, 0.3) is 6.08 Å². The second-order valence-electron chi connectivity index (χ2n) is 10.4. The van der Waals surface area contributed by atoms with E-state index in [0.717, 1.165) is 24.0 Å². The van der Waals surface area contributed by atoms with E-state index in [2.05, 4.69) is 36.4 Å². The Morgan fingerprint density at radius 1 is 0.895 bits per heavy atom. The van der Waals surface area contributed by atoms with Crippen molar-refractivity contribution in [3.8, 4) is 0 Å². The van der Waals surface area contributed by atoms with E-state index in [-0.39, 0.29) is 11.6 Å². The third kappa shape index (κ3) is 5.06. The average molecular weight is 504 g/mol. The standard InChI is InChI=1S/C26H22O3.C8H11N/c27-24-23-8-4-3-7-21(23)16-26(24,15-17-9-11-18(12-10-17)25(28)29)22-13-19-5-1-2-6-20(19)14-22;1-7(9)8-5-3-2-4-6-8/h1-13,24,27H,14-16H2,(H,28,29);2-7H,9H2,1H3/t24-,26+;7-/m10/s1. The first-order valence-electron chi connectivity index (χ1n) is 13.0. The third-order valence-corrected chi connectivity index (χ3v) is 7.83. The van der Waals surface area contributed by atoms with Crippen molar-refractivity contribution in [2.24, 2.45) is 11.1 Å². The molecule has 38 heavy (non-hydrogen) atoms. The second kappa shape index (κ2) is 10.8. The number of nitrogens with two attached hydrogens (primary N) is 1. The maximum absolute atomic E-state index is 11.5. The fourth-order valence-electron chi connectivity index (χ4n) is 5.74. The number of carboxylic acid groups (broad SMARTS) is 1. The number of hydrogen-bond acceptors (Lipinski definition) is 3. The van der Waals surface area contributed by atoms with Gasteiger partial charge in [0.25, 0.3) is 0 Å². The Hall–Kier alpha value is -3.99. The number of hydrogen-bond donors (Lipinski definition) is 3. The van der Waals surface area contributed by atoms with Gasteiger partial charge in [0.05, 0.1) is 11.7 Å². The predicted molar refractivity (Wildman–Crippen MR) is 152 cm³/mol. The first-order chi connectivity index (χ1) is 18.4. The van der Waals surface area contributed by atoms with Crippen LogP contribution in [0.15, 0.2) is 109 Å². The lowest BCUT2D eigenvalue weighted by molar-refractivity contribution is 0.0649. The molecule has 0 heterocycles. The monoisotopic (exact) mass is 503 g/mol. The van der Waals surface area contributed by atoms with Crippen LogP contribution in [-0.2, 0) is 19.3 Å². The van der Waals surface area contributed by atoms with Crippen LogP contribution in [-0.4, -0.2) is 16.2 Å². The number of aliphatic hydroxyl groups excluding tert-OH is 1. The van der Waals surface area contributed by atoms with Gasteiger partial charge in [-0.25, -0.2) is 4.79 Å². The van der Waals surface area contributed by atoms with Crippen LogP contribution in [0.3, 0.4) is 0 Å². The van der Waals surface area contributed by atoms with Gasteiger partial charge < -0.3 is 15.9 Å². The molecule has 192 valence electrons. The van der Waals surface area contributed by atoms with Gasteiger partial charge in [0.15, 0.2) is 0 Å². The summed E-state index contributed by atoms with van der Waals surface area (Å²) in [6, 6.07) is 33.8. The molecular formula is C34H33NO3. The van der Waals surface area contributed by atoms with Crippen molar-refractivity contribution >= 4 is 12.0 Å². The van der Waals surface area contributed by atoms with Crippen molar-refractivity contribution in [2.75, 3.05) is 0 Å². The van der Waals surface area contributed by atoms with E-state index in [1.807, 2.05) is 67.6 Å². The van der Waals surface area contributed by atoms with Crippen LogP contribution >= 0.6 is 0 Å². The molecule has 0 aromatic heterocycles. The predicted octanol–water partition coefficient (Wildman–Crippen LogP) is 6.55. The molecule has 0 saturated carbocycles. The molecule has 2 aliphatic rings. The van der Waals surface area contributed by atoms with E-state index in [9.17, 15) is 15.0 Å². The lowest BCUT2D eigenvalue weighted by Gasteiger charge is -2.35. The highest BCUT2D eigenvalue weighted by molar-refractivity contribution is 5.87. The fraction of sp³-hybridized carbons (Fsp3) is 0.206. The maximum Gasteiger partial charge on any atom is 0.335 e. The van der Waals surface area contributed by atoms with Crippen molar-refractivity contribution in [3.05, 3.63) is 148 Å². The zero-order valence-electron chi connectivity index (χ0n) is 21.5. The quantitative estimate of drug-likeness (QED) is 0.288. The highest BCUT2D eigenvalue weighted by atomic mass is 16.4. The molecule has 0 spiro atoms. The second-order valence-corrected chi connectivity index (χ2v) is 10.4. The van der Waals surface area contributed by atoms with E-state index < -0.39 is 17.5 Å². The molecule has 4 N–H and O–H groups in total.